The SMILES string of the molecule is CCOC(=O)NCCN/C=C(/C#N)C(=O)Nc1cccc(S(=O)(=O)O)c1. The molecule has 0 bridgehead atoms. The minimum absolute atomic E-state index is 0.0928. The molecule has 0 unspecified atom stereocenters. The lowest BCUT2D eigenvalue weighted by atomic mass is 10.2. The molecule has 0 heterocycles. The summed E-state index contributed by atoms with van der Waals surface area (Å²) in [7, 11) is -4.41. The molecular formula is C15H18N4O6S. The van der Waals surface area contributed by atoms with Gasteiger partial charge in [0.25, 0.3) is 16.0 Å². The average Bonchev–Trinajstić information content (AvgIpc) is 2.57. The van der Waals surface area contributed by atoms with Gasteiger partial charge in [-0.05, 0) is 25.1 Å². The van der Waals surface area contributed by atoms with Gasteiger partial charge in [0.05, 0.1) is 11.5 Å². The smallest absolute Gasteiger partial charge is 0.407 e. The minimum Gasteiger partial charge on any atom is -0.450 e. The Bertz CT molecular complexity index is 829. The number of rotatable bonds is 8. The number of amides is 2. The largest absolute Gasteiger partial charge is 0.450 e. The first kappa shape index (κ1) is 20.9. The van der Waals surface area contributed by atoms with E-state index in [9.17, 15) is 18.0 Å². The fourth-order valence-electron chi connectivity index (χ4n) is 1.67. The number of hydrogen-bond acceptors (Lipinski definition) is 7. The zero-order valence-electron chi connectivity index (χ0n) is 13.9. The van der Waals surface area contributed by atoms with Crippen LogP contribution in [0, 0.1) is 11.3 Å². The highest BCUT2D eigenvalue weighted by atomic mass is 32.2. The van der Waals surface area contributed by atoms with E-state index in [0.717, 1.165) is 18.3 Å². The maximum absolute atomic E-state index is 12.0. The highest BCUT2D eigenvalue weighted by Gasteiger charge is 2.13. The van der Waals surface area contributed by atoms with Gasteiger partial charge in [-0.25, -0.2) is 4.79 Å². The van der Waals surface area contributed by atoms with Crippen LogP contribution in [0.5, 0.6) is 0 Å². The fraction of sp³-hybridized carbons (Fsp3) is 0.267. The zero-order valence-corrected chi connectivity index (χ0v) is 14.7. The molecule has 0 aromatic heterocycles. The van der Waals surface area contributed by atoms with Gasteiger partial charge in [0.15, 0.2) is 0 Å². The van der Waals surface area contributed by atoms with Gasteiger partial charge in [0, 0.05) is 25.0 Å². The normalized spacial score (nSPS) is 11.2. The molecule has 1 aromatic carbocycles. The number of nitrogens with one attached hydrogen (secondary N) is 3. The lowest BCUT2D eigenvalue weighted by molar-refractivity contribution is -0.112. The van der Waals surface area contributed by atoms with Crippen LogP contribution in [0.3, 0.4) is 0 Å². The van der Waals surface area contributed by atoms with Gasteiger partial charge in [0.2, 0.25) is 0 Å². The lowest BCUT2D eigenvalue weighted by Gasteiger charge is -2.07. The second kappa shape index (κ2) is 10.0. The third-order valence-electron chi connectivity index (χ3n) is 2.82. The van der Waals surface area contributed by atoms with Crippen molar-refractivity contribution < 1.29 is 27.3 Å². The first-order chi connectivity index (χ1) is 12.3. The zero-order chi connectivity index (χ0) is 19.6. The molecule has 1 rings (SSSR count). The number of nitriles is 1. The Balaban J connectivity index is 2.61. The second-order valence-corrected chi connectivity index (χ2v) is 6.15. The summed E-state index contributed by atoms with van der Waals surface area (Å²) in [5.74, 6) is -0.772. The summed E-state index contributed by atoms with van der Waals surface area (Å²) in [6.45, 7) is 2.38. The van der Waals surface area contributed by atoms with Gasteiger partial charge in [-0.1, -0.05) is 6.07 Å². The van der Waals surface area contributed by atoms with Crippen molar-refractivity contribution in [2.45, 2.75) is 11.8 Å². The first-order valence-electron chi connectivity index (χ1n) is 7.41. The van der Waals surface area contributed by atoms with E-state index in [1.807, 2.05) is 0 Å². The van der Waals surface area contributed by atoms with Crippen LogP contribution in [0.15, 0.2) is 40.9 Å². The Kier molecular flexibility index (Phi) is 8.07. The number of carbonyl (C=O) groups is 2. The summed E-state index contributed by atoms with van der Waals surface area (Å²) < 4.78 is 35.8. The van der Waals surface area contributed by atoms with Gasteiger partial charge in [-0.2, -0.15) is 13.7 Å². The molecule has 10 nitrogen and oxygen atoms in total. The predicted octanol–water partition coefficient (Wildman–Crippen LogP) is 0.615. The summed E-state index contributed by atoms with van der Waals surface area (Å²) >= 11 is 0. The van der Waals surface area contributed by atoms with Gasteiger partial charge in [0.1, 0.15) is 11.6 Å². The summed E-state index contributed by atoms with van der Waals surface area (Å²) in [4.78, 5) is 22.7. The van der Waals surface area contributed by atoms with Gasteiger partial charge < -0.3 is 20.7 Å². The van der Waals surface area contributed by atoms with Gasteiger partial charge in [-0.15, -0.1) is 0 Å². The highest BCUT2D eigenvalue weighted by Crippen LogP contribution is 2.15. The maximum atomic E-state index is 12.0. The third-order valence-corrected chi connectivity index (χ3v) is 3.66. The Morgan fingerprint density at radius 1 is 1.35 bits per heavy atom. The maximum Gasteiger partial charge on any atom is 0.407 e. The van der Waals surface area contributed by atoms with Crippen molar-refractivity contribution >= 4 is 27.8 Å². The van der Waals surface area contributed by atoms with Crippen molar-refractivity contribution in [2.24, 2.45) is 0 Å². The van der Waals surface area contributed by atoms with Crippen molar-refractivity contribution in [3.05, 3.63) is 36.0 Å². The molecule has 140 valence electrons. The molecule has 26 heavy (non-hydrogen) atoms. The Hall–Kier alpha value is -3.10. The molecule has 0 atom stereocenters. The molecule has 1 aromatic rings. The molecule has 0 radical (unpaired) electrons. The van der Waals surface area contributed by atoms with Gasteiger partial charge >= 0.3 is 6.09 Å². The van der Waals surface area contributed by atoms with Crippen molar-refractivity contribution in [1.82, 2.24) is 10.6 Å². The Labute approximate surface area is 150 Å². The summed E-state index contributed by atoms with van der Waals surface area (Å²) in [5, 5.41) is 16.5. The number of carbonyl (C=O) groups excluding carboxylic acids is 2. The van der Waals surface area contributed by atoms with Crippen LogP contribution < -0.4 is 16.0 Å². The van der Waals surface area contributed by atoms with Crippen LogP contribution >= 0.6 is 0 Å². The summed E-state index contributed by atoms with van der Waals surface area (Å²) in [6, 6.07) is 6.63. The summed E-state index contributed by atoms with van der Waals surface area (Å²) in [5.41, 5.74) is -0.173. The van der Waals surface area contributed by atoms with Crippen molar-refractivity contribution in [3.63, 3.8) is 0 Å². The molecule has 0 aliphatic rings. The van der Waals surface area contributed by atoms with E-state index < -0.39 is 22.1 Å². The molecule has 0 aliphatic heterocycles. The molecule has 2 amide bonds. The first-order valence-corrected chi connectivity index (χ1v) is 8.85. The summed E-state index contributed by atoms with van der Waals surface area (Å²) in [6.07, 6.45) is 0.588. The molecule has 11 heteroatoms. The van der Waals surface area contributed by atoms with Crippen LogP contribution in [0.1, 0.15) is 6.92 Å². The van der Waals surface area contributed by atoms with Crippen LogP contribution in [0.4, 0.5) is 10.5 Å². The van der Waals surface area contributed by atoms with Crippen LogP contribution in [-0.4, -0.2) is 44.7 Å². The Morgan fingerprint density at radius 2 is 2.08 bits per heavy atom. The second-order valence-electron chi connectivity index (χ2n) is 4.73. The van der Waals surface area contributed by atoms with E-state index in [1.165, 1.54) is 12.1 Å². The van der Waals surface area contributed by atoms with Crippen molar-refractivity contribution in [3.8, 4) is 6.07 Å². The van der Waals surface area contributed by atoms with E-state index >= 15 is 0 Å². The topological polar surface area (TPSA) is 158 Å². The van der Waals surface area contributed by atoms with Crippen molar-refractivity contribution in [1.29, 1.82) is 5.26 Å². The van der Waals surface area contributed by atoms with E-state index in [0.29, 0.717) is 0 Å². The minimum atomic E-state index is -4.41. The van der Waals surface area contributed by atoms with Crippen LogP contribution in [0.2, 0.25) is 0 Å². The van der Waals surface area contributed by atoms with Gasteiger partial charge in [-0.3, -0.25) is 9.35 Å². The quantitative estimate of drug-likeness (QED) is 0.220. The number of benzene rings is 1. The molecule has 0 saturated carbocycles. The van der Waals surface area contributed by atoms with E-state index in [2.05, 4.69) is 20.7 Å². The molecule has 0 spiro atoms. The van der Waals surface area contributed by atoms with E-state index in [1.54, 1.807) is 13.0 Å². The number of alkyl carbamates (subject to hydrolysis) is 1. The molecule has 4 N–H and O–H groups in total. The van der Waals surface area contributed by atoms with Crippen LogP contribution in [0.25, 0.3) is 0 Å². The number of anilines is 1. The predicted molar refractivity (Wildman–Crippen MR) is 91.6 cm³/mol. The average molecular weight is 382 g/mol. The fourth-order valence-corrected chi connectivity index (χ4v) is 2.20. The monoisotopic (exact) mass is 382 g/mol. The highest BCUT2D eigenvalue weighted by molar-refractivity contribution is 7.85. The molecule has 0 aliphatic carbocycles. The third kappa shape index (κ3) is 7.20. The number of hydrogen-bond donors (Lipinski definition) is 4. The van der Waals surface area contributed by atoms with Crippen LogP contribution in [-0.2, 0) is 19.6 Å². The number of nitrogens with zero attached hydrogens (tertiary/aromatic N) is 1. The van der Waals surface area contributed by atoms with Crippen molar-refractivity contribution in [2.75, 3.05) is 25.0 Å². The van der Waals surface area contributed by atoms with E-state index in [4.69, 9.17) is 9.81 Å². The number of ether oxygens (including phenoxy) is 1. The molecule has 0 fully saturated rings. The molecular weight excluding hydrogens is 364 g/mol. The lowest BCUT2D eigenvalue weighted by Crippen LogP contribution is -2.31. The molecule has 0 saturated heterocycles. The Morgan fingerprint density at radius 3 is 2.69 bits per heavy atom. The van der Waals surface area contributed by atoms with E-state index in [-0.39, 0.29) is 35.9 Å². The standard InChI is InChI=1S/C15H18N4O6S/c1-2-25-15(21)18-7-6-17-10-11(9-16)14(20)19-12-4-3-5-13(8-12)26(22,23)24/h3-5,8,10,17H,2,6-7H2,1H3,(H,18,21)(H,19,20)(H,22,23,24)/b11-10-.